The summed E-state index contributed by atoms with van der Waals surface area (Å²) in [5, 5.41) is 12.6. The van der Waals surface area contributed by atoms with Gasteiger partial charge in [-0.1, -0.05) is 5.16 Å². The number of aliphatic imine (C=N–C) groups is 1. The zero-order valence-corrected chi connectivity index (χ0v) is 14.2. The summed E-state index contributed by atoms with van der Waals surface area (Å²) in [6, 6.07) is 3.29. The van der Waals surface area contributed by atoms with Crippen LogP contribution >= 0.6 is 0 Å². The van der Waals surface area contributed by atoms with Crippen molar-refractivity contribution in [2.75, 3.05) is 0 Å². The molecule has 0 aromatic carbocycles. The number of carboxylic acids is 1. The highest BCUT2D eigenvalue weighted by Gasteiger charge is 2.25. The molecule has 1 aliphatic rings. The van der Waals surface area contributed by atoms with Gasteiger partial charge in [0.05, 0.1) is 12.1 Å². The van der Waals surface area contributed by atoms with E-state index in [0.29, 0.717) is 23.4 Å². The molecule has 0 aliphatic carbocycles. The van der Waals surface area contributed by atoms with E-state index in [4.69, 9.17) is 20.4 Å². The number of nitrogens with two attached hydrogens (primary N) is 1. The first-order valence-electron chi connectivity index (χ1n) is 7.62. The van der Waals surface area contributed by atoms with Gasteiger partial charge in [-0.05, 0) is 32.9 Å². The molecule has 9 nitrogen and oxygen atoms in total. The molecular weight excluding hydrogens is 328 g/mol. The molecule has 0 saturated carbocycles. The van der Waals surface area contributed by atoms with E-state index in [1.165, 1.54) is 6.20 Å². The van der Waals surface area contributed by atoms with E-state index < -0.39 is 23.8 Å². The second-order valence-corrected chi connectivity index (χ2v) is 6.48. The van der Waals surface area contributed by atoms with E-state index in [9.17, 15) is 9.59 Å². The van der Waals surface area contributed by atoms with Crippen LogP contribution in [0.15, 0.2) is 28.5 Å². The third-order valence-corrected chi connectivity index (χ3v) is 3.10. The van der Waals surface area contributed by atoms with Crippen LogP contribution in [0.25, 0.3) is 0 Å². The Morgan fingerprint density at radius 2 is 2.16 bits per heavy atom. The number of carboxylic acid groups (broad SMARTS) is 1. The minimum Gasteiger partial charge on any atom is -0.481 e. The highest BCUT2D eigenvalue weighted by molar-refractivity contribution is 6.04. The number of pyridine rings is 1. The fraction of sp³-hybridized carbons (Fsp3) is 0.438. The van der Waals surface area contributed by atoms with Gasteiger partial charge in [0.1, 0.15) is 23.3 Å². The molecule has 9 heteroatoms. The van der Waals surface area contributed by atoms with Crippen molar-refractivity contribution < 1.29 is 24.3 Å². The number of nitrogens with zero attached hydrogens (tertiary/aromatic N) is 3. The lowest BCUT2D eigenvalue weighted by molar-refractivity contribution is -0.139. The van der Waals surface area contributed by atoms with Crippen molar-refractivity contribution in [2.24, 2.45) is 15.9 Å². The Morgan fingerprint density at radius 1 is 1.44 bits per heavy atom. The van der Waals surface area contributed by atoms with Gasteiger partial charge in [0.15, 0.2) is 0 Å². The van der Waals surface area contributed by atoms with Crippen molar-refractivity contribution in [2.45, 2.75) is 45.3 Å². The summed E-state index contributed by atoms with van der Waals surface area (Å²) >= 11 is 0. The molecule has 1 atom stereocenters. The van der Waals surface area contributed by atoms with Crippen LogP contribution in [-0.4, -0.2) is 45.4 Å². The number of carbonyl (C=O) groups is 2. The average molecular weight is 348 g/mol. The number of rotatable bonds is 4. The smallest absolute Gasteiger partial charge is 0.436 e. The molecule has 3 N–H and O–H groups in total. The third-order valence-electron chi connectivity index (χ3n) is 3.10. The molecule has 0 radical (unpaired) electrons. The van der Waals surface area contributed by atoms with Crippen LogP contribution in [-0.2, 0) is 14.4 Å². The second kappa shape index (κ2) is 7.29. The van der Waals surface area contributed by atoms with Crippen molar-refractivity contribution in [3.63, 3.8) is 0 Å². The normalized spacial score (nSPS) is 17.6. The second-order valence-electron chi connectivity index (χ2n) is 6.48. The van der Waals surface area contributed by atoms with E-state index >= 15 is 0 Å². The first kappa shape index (κ1) is 18.4. The predicted octanol–water partition coefficient (Wildman–Crippen LogP) is 1.69. The first-order chi connectivity index (χ1) is 11.6. The van der Waals surface area contributed by atoms with Gasteiger partial charge in [-0.25, -0.2) is 4.79 Å². The van der Waals surface area contributed by atoms with Gasteiger partial charge in [-0.15, -0.1) is 0 Å². The Bertz CT molecular complexity index is 719. The van der Waals surface area contributed by atoms with Gasteiger partial charge >= 0.3 is 12.1 Å². The Hall–Kier alpha value is -2.97. The fourth-order valence-corrected chi connectivity index (χ4v) is 2.05. The van der Waals surface area contributed by atoms with Crippen LogP contribution in [0.5, 0.6) is 0 Å². The van der Waals surface area contributed by atoms with E-state index in [1.54, 1.807) is 32.9 Å². The van der Waals surface area contributed by atoms with Gasteiger partial charge in [0, 0.05) is 18.2 Å². The van der Waals surface area contributed by atoms with Crippen LogP contribution in [0, 0.1) is 0 Å². The third kappa shape index (κ3) is 5.55. The van der Waals surface area contributed by atoms with Gasteiger partial charge in [-0.2, -0.15) is 4.99 Å². The number of carbonyl (C=O) groups excluding carboxylic acids is 1. The zero-order chi connectivity index (χ0) is 18.6. The topological polar surface area (TPSA) is 136 Å². The van der Waals surface area contributed by atoms with Crippen LogP contribution in [0.3, 0.4) is 0 Å². The Morgan fingerprint density at radius 3 is 2.72 bits per heavy atom. The van der Waals surface area contributed by atoms with Crippen molar-refractivity contribution >= 4 is 23.6 Å². The SMILES string of the molecule is CC(C)(C)OC(=O)N=C(N)c1ccc(C2=NOC(CC(=O)O)C2)nc1. The van der Waals surface area contributed by atoms with Gasteiger partial charge in [0.2, 0.25) is 0 Å². The quantitative estimate of drug-likeness (QED) is 0.624. The summed E-state index contributed by atoms with van der Waals surface area (Å²) in [5.41, 5.74) is 6.68. The van der Waals surface area contributed by atoms with E-state index in [1.807, 2.05) is 0 Å². The molecule has 1 unspecified atom stereocenters. The molecule has 134 valence electrons. The van der Waals surface area contributed by atoms with Gasteiger partial charge in [-0.3, -0.25) is 9.78 Å². The molecule has 1 amide bonds. The molecule has 0 bridgehead atoms. The van der Waals surface area contributed by atoms with Crippen molar-refractivity contribution in [3.05, 3.63) is 29.6 Å². The maximum atomic E-state index is 11.6. The van der Waals surface area contributed by atoms with Crippen molar-refractivity contribution in [3.8, 4) is 0 Å². The molecule has 2 heterocycles. The number of amidine groups is 1. The van der Waals surface area contributed by atoms with Crippen molar-refractivity contribution in [1.29, 1.82) is 0 Å². The molecule has 1 aromatic heterocycles. The molecule has 25 heavy (non-hydrogen) atoms. The highest BCUT2D eigenvalue weighted by atomic mass is 16.6. The summed E-state index contributed by atoms with van der Waals surface area (Å²) in [4.78, 5) is 35.3. The highest BCUT2D eigenvalue weighted by Crippen LogP contribution is 2.18. The van der Waals surface area contributed by atoms with Crippen molar-refractivity contribution in [1.82, 2.24) is 4.98 Å². The van der Waals surface area contributed by atoms with Crippen LogP contribution in [0.4, 0.5) is 4.79 Å². The predicted molar refractivity (Wildman–Crippen MR) is 89.5 cm³/mol. The van der Waals surface area contributed by atoms with Crippen LogP contribution in [0.2, 0.25) is 0 Å². The molecule has 0 saturated heterocycles. The monoisotopic (exact) mass is 348 g/mol. The van der Waals surface area contributed by atoms with Crippen LogP contribution < -0.4 is 5.73 Å². The Balaban J connectivity index is 2.03. The number of oxime groups is 1. The van der Waals surface area contributed by atoms with Crippen LogP contribution in [0.1, 0.15) is 44.9 Å². The van der Waals surface area contributed by atoms with E-state index in [2.05, 4.69) is 15.1 Å². The number of aromatic nitrogens is 1. The van der Waals surface area contributed by atoms with E-state index in [-0.39, 0.29) is 12.3 Å². The lowest BCUT2D eigenvalue weighted by atomic mass is 10.1. The molecule has 2 rings (SSSR count). The first-order valence-corrected chi connectivity index (χ1v) is 7.62. The summed E-state index contributed by atoms with van der Waals surface area (Å²) in [6.45, 7) is 5.19. The largest absolute Gasteiger partial charge is 0.481 e. The number of amides is 1. The van der Waals surface area contributed by atoms with Gasteiger partial charge < -0.3 is 20.4 Å². The maximum absolute atomic E-state index is 11.6. The minimum absolute atomic E-state index is 0.0123. The lowest BCUT2D eigenvalue weighted by Crippen LogP contribution is -2.24. The Labute approximate surface area is 144 Å². The molecular formula is C16H20N4O5. The fourth-order valence-electron chi connectivity index (χ4n) is 2.05. The summed E-state index contributed by atoms with van der Waals surface area (Å²) < 4.78 is 5.07. The lowest BCUT2D eigenvalue weighted by Gasteiger charge is -2.17. The average Bonchev–Trinajstić information content (AvgIpc) is 2.93. The minimum atomic E-state index is -0.948. The molecule has 0 fully saturated rings. The summed E-state index contributed by atoms with van der Waals surface area (Å²) in [7, 11) is 0. The number of aliphatic carboxylic acids is 1. The number of hydrogen-bond acceptors (Lipinski definition) is 6. The van der Waals surface area contributed by atoms with Gasteiger partial charge in [0.25, 0.3) is 0 Å². The number of ether oxygens (including phenoxy) is 1. The molecule has 0 spiro atoms. The summed E-state index contributed by atoms with van der Waals surface area (Å²) in [5.74, 6) is -0.961. The Kier molecular flexibility index (Phi) is 5.35. The zero-order valence-electron chi connectivity index (χ0n) is 14.2. The molecule has 1 aliphatic heterocycles. The standard InChI is InChI=1S/C16H20N4O5/c1-16(2,3)24-15(23)19-14(17)9-4-5-11(18-8-9)12-6-10(25-20-12)7-13(21)22/h4-5,8,10H,6-7H2,1-3H3,(H,21,22)(H2,17,19,23). The molecule has 1 aromatic rings. The van der Waals surface area contributed by atoms with E-state index in [0.717, 1.165) is 0 Å². The maximum Gasteiger partial charge on any atom is 0.436 e. The summed E-state index contributed by atoms with van der Waals surface area (Å²) in [6.07, 6.45) is 0.415. The number of hydrogen-bond donors (Lipinski definition) is 2.